The Morgan fingerprint density at radius 1 is 0.844 bits per heavy atom. The van der Waals surface area contributed by atoms with Crippen LogP contribution in [0.3, 0.4) is 0 Å². The summed E-state index contributed by atoms with van der Waals surface area (Å²) < 4.78 is 5.55. The van der Waals surface area contributed by atoms with Gasteiger partial charge in [-0.05, 0) is 49.9 Å². The highest BCUT2D eigenvalue weighted by Crippen LogP contribution is 2.27. The molecule has 3 rings (SSSR count). The molecular weight excluding hydrogens is 562 g/mol. The summed E-state index contributed by atoms with van der Waals surface area (Å²) >= 11 is 0. The summed E-state index contributed by atoms with van der Waals surface area (Å²) in [4.78, 5) is 43.5. The maximum atomic E-state index is 14.7. The minimum Gasteiger partial charge on any atom is -0.444 e. The van der Waals surface area contributed by atoms with Gasteiger partial charge in [-0.3, -0.25) is 9.59 Å². The summed E-state index contributed by atoms with van der Waals surface area (Å²) in [6, 6.07) is 24.3. The van der Waals surface area contributed by atoms with Gasteiger partial charge in [-0.15, -0.1) is 6.42 Å². The first-order valence-electron chi connectivity index (χ1n) is 15.8. The van der Waals surface area contributed by atoms with Gasteiger partial charge >= 0.3 is 6.09 Å². The molecule has 2 atom stereocenters. The molecule has 0 aliphatic carbocycles. The van der Waals surface area contributed by atoms with Crippen molar-refractivity contribution in [2.24, 2.45) is 0 Å². The molecule has 2 N–H and O–H groups in total. The molecule has 0 saturated carbocycles. The highest BCUT2D eigenvalue weighted by molar-refractivity contribution is 5.92. The van der Waals surface area contributed by atoms with Crippen LogP contribution < -0.4 is 10.6 Å². The summed E-state index contributed by atoms with van der Waals surface area (Å²) in [5.74, 6) is 1.97. The number of carbonyl (C=O) groups excluding carboxylic acids is 3. The van der Waals surface area contributed by atoms with Gasteiger partial charge in [0.05, 0.1) is 0 Å². The summed E-state index contributed by atoms with van der Waals surface area (Å²) in [7, 11) is 0. The third-order valence-corrected chi connectivity index (χ3v) is 7.34. The van der Waals surface area contributed by atoms with Gasteiger partial charge in [0, 0.05) is 25.1 Å². The third-order valence-electron chi connectivity index (χ3n) is 7.34. The molecule has 0 bridgehead atoms. The lowest BCUT2D eigenvalue weighted by atomic mass is 9.96. The highest BCUT2D eigenvalue weighted by atomic mass is 16.6. The molecule has 3 amide bonds. The Bertz CT molecular complexity index is 1410. The van der Waals surface area contributed by atoms with Crippen molar-refractivity contribution < 1.29 is 19.1 Å². The molecule has 0 fully saturated rings. The number of nitrogens with zero attached hydrogens (tertiary/aromatic N) is 1. The number of benzene rings is 3. The Morgan fingerprint density at radius 2 is 1.44 bits per heavy atom. The lowest BCUT2D eigenvalue weighted by molar-refractivity contribution is -0.142. The molecule has 0 spiro atoms. The van der Waals surface area contributed by atoms with Crippen molar-refractivity contribution in [1.82, 2.24) is 15.5 Å². The molecule has 3 aromatic rings. The molecule has 0 aliphatic heterocycles. The lowest BCUT2D eigenvalue weighted by Crippen LogP contribution is -2.54. The molecule has 45 heavy (non-hydrogen) atoms. The average molecular weight is 610 g/mol. The van der Waals surface area contributed by atoms with Crippen molar-refractivity contribution in [3.63, 3.8) is 0 Å². The van der Waals surface area contributed by atoms with Crippen LogP contribution in [0.4, 0.5) is 4.79 Å². The number of amides is 3. The van der Waals surface area contributed by atoms with Crippen molar-refractivity contribution >= 4 is 17.9 Å². The second-order valence-electron chi connectivity index (χ2n) is 12.2. The number of alkyl carbamates (subject to hydrolysis) is 1. The van der Waals surface area contributed by atoms with Gasteiger partial charge in [-0.1, -0.05) is 117 Å². The van der Waals surface area contributed by atoms with E-state index in [-0.39, 0.29) is 24.8 Å². The van der Waals surface area contributed by atoms with Crippen molar-refractivity contribution in [3.8, 4) is 12.3 Å². The van der Waals surface area contributed by atoms with Crippen LogP contribution >= 0.6 is 0 Å². The fourth-order valence-corrected chi connectivity index (χ4v) is 5.15. The van der Waals surface area contributed by atoms with Crippen molar-refractivity contribution in [2.45, 2.75) is 90.4 Å². The fraction of sp³-hybridized carbons (Fsp3) is 0.395. The quantitative estimate of drug-likeness (QED) is 0.144. The maximum absolute atomic E-state index is 14.7. The standard InChI is InChI=1S/C38H47N3O4/c1-6-8-9-10-19-26-41(36(43)33(27-29-20-13-11-14-21-29)40-37(44)45-38(3,4)5)34(32-25-18-17-24-31(32)7-2)35(42)39-28-30-22-15-12-16-23-30/h2,11-18,20-25,33-34H,6,8-10,19,26-28H2,1,3-5H3,(H,39,42)(H,40,44). The summed E-state index contributed by atoms with van der Waals surface area (Å²) in [6.45, 7) is 8.06. The van der Waals surface area contributed by atoms with E-state index in [1.54, 1.807) is 37.8 Å². The van der Waals surface area contributed by atoms with Crippen molar-refractivity contribution in [2.75, 3.05) is 6.54 Å². The minimum absolute atomic E-state index is 0.223. The Balaban J connectivity index is 2.05. The molecule has 2 unspecified atom stereocenters. The maximum Gasteiger partial charge on any atom is 0.408 e. The van der Waals surface area contributed by atoms with E-state index in [1.165, 1.54) is 0 Å². The van der Waals surface area contributed by atoms with Crippen LogP contribution in [0.1, 0.15) is 88.1 Å². The molecule has 0 radical (unpaired) electrons. The van der Waals surface area contributed by atoms with E-state index in [0.717, 1.165) is 36.8 Å². The predicted molar refractivity (Wildman–Crippen MR) is 179 cm³/mol. The molecule has 3 aromatic carbocycles. The molecule has 0 saturated heterocycles. The SMILES string of the molecule is C#Cc1ccccc1C(C(=O)NCc1ccccc1)N(CCCCCCC)C(=O)C(Cc1ccccc1)NC(=O)OC(C)(C)C. The Kier molecular flexibility index (Phi) is 13.7. The normalized spacial score (nSPS) is 12.3. The first-order chi connectivity index (χ1) is 21.6. The van der Waals surface area contributed by atoms with E-state index in [2.05, 4.69) is 23.5 Å². The van der Waals surface area contributed by atoms with Crippen LogP contribution in [0.2, 0.25) is 0 Å². The van der Waals surface area contributed by atoms with Gasteiger partial charge < -0.3 is 20.3 Å². The topological polar surface area (TPSA) is 87.7 Å². The van der Waals surface area contributed by atoms with Crippen molar-refractivity contribution in [3.05, 3.63) is 107 Å². The predicted octanol–water partition coefficient (Wildman–Crippen LogP) is 6.96. The van der Waals surface area contributed by atoms with E-state index in [9.17, 15) is 14.4 Å². The number of terminal acetylenes is 1. The second kappa shape index (κ2) is 17.7. The van der Waals surface area contributed by atoms with Crippen LogP contribution in [0.5, 0.6) is 0 Å². The van der Waals surface area contributed by atoms with Crippen LogP contribution in [0.15, 0.2) is 84.9 Å². The number of carbonyl (C=O) groups is 3. The van der Waals surface area contributed by atoms with Gasteiger partial charge in [0.2, 0.25) is 11.8 Å². The monoisotopic (exact) mass is 609 g/mol. The lowest BCUT2D eigenvalue weighted by Gasteiger charge is -2.35. The minimum atomic E-state index is -1.02. The van der Waals surface area contributed by atoms with E-state index < -0.39 is 23.8 Å². The van der Waals surface area contributed by atoms with Gasteiger partial charge in [-0.25, -0.2) is 4.79 Å². The summed E-state index contributed by atoms with van der Waals surface area (Å²) in [6.07, 6.45) is 10.2. The number of hydrogen-bond donors (Lipinski definition) is 2. The second-order valence-corrected chi connectivity index (χ2v) is 12.2. The molecule has 7 heteroatoms. The number of nitrogens with one attached hydrogen (secondary N) is 2. The molecule has 0 aromatic heterocycles. The first kappa shape index (κ1) is 34.9. The number of hydrogen-bond acceptors (Lipinski definition) is 4. The molecule has 238 valence electrons. The van der Waals surface area contributed by atoms with Crippen LogP contribution in [0.25, 0.3) is 0 Å². The summed E-state index contributed by atoms with van der Waals surface area (Å²) in [5, 5.41) is 5.86. The van der Waals surface area contributed by atoms with Crippen LogP contribution in [-0.2, 0) is 27.3 Å². The van der Waals surface area contributed by atoms with Crippen LogP contribution in [0, 0.1) is 12.3 Å². The number of rotatable bonds is 15. The van der Waals surface area contributed by atoms with E-state index in [4.69, 9.17) is 11.2 Å². The fourth-order valence-electron chi connectivity index (χ4n) is 5.15. The zero-order valence-corrected chi connectivity index (χ0v) is 27.1. The zero-order valence-electron chi connectivity index (χ0n) is 27.1. The average Bonchev–Trinajstić information content (AvgIpc) is 3.02. The molecular formula is C38H47N3O4. The number of ether oxygens (including phenoxy) is 1. The van der Waals surface area contributed by atoms with Gasteiger partial charge in [-0.2, -0.15) is 0 Å². The molecule has 0 aliphatic rings. The largest absolute Gasteiger partial charge is 0.444 e. The number of unbranched alkanes of at least 4 members (excludes halogenated alkanes) is 4. The van der Waals surface area contributed by atoms with Crippen LogP contribution in [-0.4, -0.2) is 41.0 Å². The highest BCUT2D eigenvalue weighted by Gasteiger charge is 2.37. The zero-order chi connectivity index (χ0) is 32.7. The summed E-state index contributed by atoms with van der Waals surface area (Å²) in [5.41, 5.74) is 2.13. The van der Waals surface area contributed by atoms with Gasteiger partial charge in [0.15, 0.2) is 0 Å². The third kappa shape index (κ3) is 11.5. The van der Waals surface area contributed by atoms with E-state index in [0.29, 0.717) is 24.1 Å². The smallest absolute Gasteiger partial charge is 0.408 e. The Labute approximate surface area is 268 Å². The van der Waals surface area contributed by atoms with E-state index in [1.807, 2.05) is 72.8 Å². The Morgan fingerprint density at radius 3 is 2.07 bits per heavy atom. The van der Waals surface area contributed by atoms with Gasteiger partial charge in [0.25, 0.3) is 0 Å². The Hall–Kier alpha value is -4.57. The van der Waals surface area contributed by atoms with Crippen molar-refractivity contribution in [1.29, 1.82) is 0 Å². The molecule has 0 heterocycles. The van der Waals surface area contributed by atoms with Gasteiger partial charge in [0.1, 0.15) is 17.7 Å². The molecule has 7 nitrogen and oxygen atoms in total. The van der Waals surface area contributed by atoms with E-state index >= 15 is 0 Å². The first-order valence-corrected chi connectivity index (χ1v) is 15.8.